The molecule has 0 bridgehead atoms. The molecule has 1 aliphatic heterocycles. The van der Waals surface area contributed by atoms with Crippen molar-refractivity contribution in [3.05, 3.63) is 52.1 Å². The van der Waals surface area contributed by atoms with E-state index >= 15 is 0 Å². The quantitative estimate of drug-likeness (QED) is 0.714. The summed E-state index contributed by atoms with van der Waals surface area (Å²) in [5.74, 6) is 1.04. The summed E-state index contributed by atoms with van der Waals surface area (Å²) in [6.45, 7) is 2.01. The van der Waals surface area contributed by atoms with Gasteiger partial charge in [0.05, 0.1) is 25.5 Å². The van der Waals surface area contributed by atoms with Crippen LogP contribution < -0.4 is 20.1 Å². The summed E-state index contributed by atoms with van der Waals surface area (Å²) in [4.78, 5) is 12.6. The van der Waals surface area contributed by atoms with Gasteiger partial charge in [-0.2, -0.15) is 0 Å². The highest BCUT2D eigenvalue weighted by Crippen LogP contribution is 2.42. The van der Waals surface area contributed by atoms with E-state index in [9.17, 15) is 4.79 Å². The van der Waals surface area contributed by atoms with E-state index in [4.69, 9.17) is 9.47 Å². The number of benzene rings is 2. The molecule has 6 heteroatoms. The van der Waals surface area contributed by atoms with Crippen molar-refractivity contribution in [1.29, 1.82) is 0 Å². The van der Waals surface area contributed by atoms with Crippen molar-refractivity contribution >= 4 is 38.8 Å². The third kappa shape index (κ3) is 3.35. The molecule has 0 aromatic heterocycles. The zero-order chi connectivity index (χ0) is 18.0. The fraction of sp³-hybridized carbons (Fsp3) is 0.211. The molecule has 1 aliphatic rings. The first-order valence-electron chi connectivity index (χ1n) is 7.90. The lowest BCUT2D eigenvalue weighted by molar-refractivity contribution is -0.110. The van der Waals surface area contributed by atoms with E-state index in [1.807, 2.05) is 37.3 Å². The Hall–Kier alpha value is -2.47. The molecule has 0 saturated heterocycles. The average molecular weight is 403 g/mol. The lowest BCUT2D eigenvalue weighted by Gasteiger charge is -2.13. The first-order chi connectivity index (χ1) is 12.1. The number of anilines is 2. The molecule has 0 unspecified atom stereocenters. The Balaban J connectivity index is 2.07. The highest BCUT2D eigenvalue weighted by atomic mass is 79.9. The van der Waals surface area contributed by atoms with Gasteiger partial charge in [0.1, 0.15) is 0 Å². The van der Waals surface area contributed by atoms with E-state index < -0.39 is 0 Å². The maximum atomic E-state index is 12.6. The van der Waals surface area contributed by atoms with E-state index in [2.05, 4.69) is 26.6 Å². The molecule has 0 radical (unpaired) electrons. The lowest BCUT2D eigenvalue weighted by Crippen LogP contribution is -2.10. The van der Waals surface area contributed by atoms with Gasteiger partial charge in [0, 0.05) is 27.5 Å². The van der Waals surface area contributed by atoms with Crippen molar-refractivity contribution in [3.63, 3.8) is 0 Å². The van der Waals surface area contributed by atoms with Crippen LogP contribution in [0.25, 0.3) is 5.57 Å². The molecule has 2 aromatic carbocycles. The molecule has 0 saturated carbocycles. The molecule has 2 N–H and O–H groups in total. The van der Waals surface area contributed by atoms with Gasteiger partial charge in [-0.1, -0.05) is 22.9 Å². The van der Waals surface area contributed by atoms with Gasteiger partial charge in [0.25, 0.3) is 5.91 Å². The summed E-state index contributed by atoms with van der Waals surface area (Å²) in [6.07, 6.45) is 0.687. The van der Waals surface area contributed by atoms with Crippen molar-refractivity contribution in [2.75, 3.05) is 24.9 Å². The first-order valence-corrected chi connectivity index (χ1v) is 8.70. The number of halogens is 1. The van der Waals surface area contributed by atoms with Crippen LogP contribution in [-0.2, 0) is 4.79 Å². The molecule has 0 spiro atoms. The van der Waals surface area contributed by atoms with E-state index in [0.717, 1.165) is 27.1 Å². The van der Waals surface area contributed by atoms with Crippen molar-refractivity contribution < 1.29 is 14.3 Å². The Kier molecular flexibility index (Phi) is 4.99. The number of amides is 1. The van der Waals surface area contributed by atoms with Gasteiger partial charge >= 0.3 is 0 Å². The van der Waals surface area contributed by atoms with Crippen LogP contribution in [0, 0.1) is 0 Å². The maximum absolute atomic E-state index is 12.6. The number of carbonyl (C=O) groups excluding carboxylic acids is 1. The number of methoxy groups -OCH3 is 2. The third-order valence-electron chi connectivity index (χ3n) is 4.06. The van der Waals surface area contributed by atoms with E-state index in [1.54, 1.807) is 20.3 Å². The van der Waals surface area contributed by atoms with Gasteiger partial charge in [-0.15, -0.1) is 0 Å². The van der Waals surface area contributed by atoms with Crippen LogP contribution in [0.1, 0.15) is 18.9 Å². The SMILES string of the molecule is CCC(Nc1ccc(Br)cc1)=C1C(=O)Nc2cc(OC)c(OC)cc21. The normalized spacial score (nSPS) is 14.6. The summed E-state index contributed by atoms with van der Waals surface area (Å²) < 4.78 is 11.7. The fourth-order valence-corrected chi connectivity index (χ4v) is 3.10. The molecule has 25 heavy (non-hydrogen) atoms. The minimum atomic E-state index is -0.133. The molecular weight excluding hydrogens is 384 g/mol. The van der Waals surface area contributed by atoms with Gasteiger partial charge < -0.3 is 20.1 Å². The van der Waals surface area contributed by atoms with Crippen LogP contribution in [0.15, 0.2) is 46.6 Å². The van der Waals surface area contributed by atoms with Crippen molar-refractivity contribution in [2.45, 2.75) is 13.3 Å². The molecule has 1 heterocycles. The van der Waals surface area contributed by atoms with E-state index in [1.165, 1.54) is 0 Å². The molecule has 2 aromatic rings. The Morgan fingerprint density at radius 1 is 1.12 bits per heavy atom. The highest BCUT2D eigenvalue weighted by Gasteiger charge is 2.29. The fourth-order valence-electron chi connectivity index (χ4n) is 2.83. The summed E-state index contributed by atoms with van der Waals surface area (Å²) >= 11 is 3.43. The van der Waals surface area contributed by atoms with Crippen LogP contribution in [0.5, 0.6) is 11.5 Å². The maximum Gasteiger partial charge on any atom is 0.258 e. The van der Waals surface area contributed by atoms with Gasteiger partial charge in [0.15, 0.2) is 11.5 Å². The zero-order valence-corrected chi connectivity index (χ0v) is 15.9. The second-order valence-electron chi connectivity index (χ2n) is 5.55. The largest absolute Gasteiger partial charge is 0.493 e. The Labute approximate surface area is 155 Å². The first kappa shape index (κ1) is 17.4. The molecule has 1 amide bonds. The average Bonchev–Trinajstić information content (AvgIpc) is 2.94. The minimum Gasteiger partial charge on any atom is -0.493 e. The van der Waals surface area contributed by atoms with Crippen molar-refractivity contribution in [3.8, 4) is 11.5 Å². The topological polar surface area (TPSA) is 59.6 Å². The summed E-state index contributed by atoms with van der Waals surface area (Å²) in [6, 6.07) is 11.4. The number of hydrogen-bond donors (Lipinski definition) is 2. The van der Waals surface area contributed by atoms with Crippen LogP contribution >= 0.6 is 15.9 Å². The molecule has 5 nitrogen and oxygen atoms in total. The summed E-state index contributed by atoms with van der Waals surface area (Å²) in [7, 11) is 3.16. The van der Waals surface area contributed by atoms with E-state index in [-0.39, 0.29) is 5.91 Å². The standard InChI is InChI=1S/C19H19BrN2O3/c1-4-14(21-12-7-5-11(20)6-8-12)18-13-9-16(24-2)17(25-3)10-15(13)22-19(18)23/h5-10,21H,4H2,1-3H3,(H,22,23). The zero-order valence-electron chi connectivity index (χ0n) is 14.3. The van der Waals surface area contributed by atoms with Gasteiger partial charge in [0.2, 0.25) is 0 Å². The second-order valence-corrected chi connectivity index (χ2v) is 6.46. The number of carbonyl (C=O) groups is 1. The molecule has 130 valence electrons. The number of rotatable bonds is 5. The summed E-state index contributed by atoms with van der Waals surface area (Å²) in [5, 5.41) is 6.26. The predicted octanol–water partition coefficient (Wildman–Crippen LogP) is 4.65. The number of allylic oxidation sites excluding steroid dienone is 1. The van der Waals surface area contributed by atoms with Crippen LogP contribution in [-0.4, -0.2) is 20.1 Å². The number of ether oxygens (including phenoxy) is 2. The Bertz CT molecular complexity index is 844. The smallest absolute Gasteiger partial charge is 0.258 e. The Morgan fingerprint density at radius 2 is 1.76 bits per heavy atom. The van der Waals surface area contributed by atoms with Crippen molar-refractivity contribution in [2.24, 2.45) is 0 Å². The van der Waals surface area contributed by atoms with Crippen LogP contribution in [0.4, 0.5) is 11.4 Å². The van der Waals surface area contributed by atoms with Gasteiger partial charge in [-0.05, 0) is 36.8 Å². The number of hydrogen-bond acceptors (Lipinski definition) is 4. The van der Waals surface area contributed by atoms with Crippen molar-refractivity contribution in [1.82, 2.24) is 0 Å². The number of nitrogens with one attached hydrogen (secondary N) is 2. The number of fused-ring (bicyclic) bond motifs is 1. The predicted molar refractivity (Wildman–Crippen MR) is 103 cm³/mol. The molecule has 0 fully saturated rings. The summed E-state index contributed by atoms with van der Waals surface area (Å²) in [5.41, 5.74) is 3.94. The van der Waals surface area contributed by atoms with Crippen LogP contribution in [0.3, 0.4) is 0 Å². The third-order valence-corrected chi connectivity index (χ3v) is 4.59. The lowest BCUT2D eigenvalue weighted by atomic mass is 10.0. The molecule has 0 aliphatic carbocycles. The second kappa shape index (κ2) is 7.19. The molecule has 0 atom stereocenters. The van der Waals surface area contributed by atoms with E-state index in [0.29, 0.717) is 23.5 Å². The monoisotopic (exact) mass is 402 g/mol. The molecular formula is C19H19BrN2O3. The van der Waals surface area contributed by atoms with Gasteiger partial charge in [-0.3, -0.25) is 4.79 Å². The Morgan fingerprint density at radius 3 is 2.36 bits per heavy atom. The van der Waals surface area contributed by atoms with Gasteiger partial charge in [-0.25, -0.2) is 0 Å². The molecule has 3 rings (SSSR count). The highest BCUT2D eigenvalue weighted by molar-refractivity contribution is 9.10. The van der Waals surface area contributed by atoms with Crippen LogP contribution in [0.2, 0.25) is 0 Å². The minimum absolute atomic E-state index is 0.133.